The number of hydrogen-bond acceptors (Lipinski definition) is 0. The molecule has 0 saturated carbocycles. The fourth-order valence-corrected chi connectivity index (χ4v) is 3.95. The zero-order chi connectivity index (χ0) is 27.6. The van der Waals surface area contributed by atoms with Gasteiger partial charge in [0.15, 0.2) is 0 Å². The summed E-state index contributed by atoms with van der Waals surface area (Å²) in [5.41, 5.74) is 8.22. The van der Waals surface area contributed by atoms with Crippen LogP contribution in [0.4, 0.5) is 0 Å². The van der Waals surface area contributed by atoms with E-state index in [-0.39, 0.29) is 0 Å². The van der Waals surface area contributed by atoms with E-state index in [0.717, 1.165) is 25.7 Å². The molecule has 0 aliphatic carbocycles. The highest BCUT2D eigenvalue weighted by Crippen LogP contribution is 2.17. The zero-order valence-electron chi connectivity index (χ0n) is 24.9. The standard InChI is InChI=1S/C12H18.2C12H20/c1-3-5-11-7-9-12(6-4-2)10-8-11;1-5-8-11(4)10-12(7-3)9-6-2;1-5-9-11(7-3)12(8-4)10-6-2/h7-10H,3-6H2,1-2H3;7,10H,3-6,8-9H2,1-2H3;7-8H,3-6,9-10H2,1-2H3/b;12-10+;12-11-. The largest absolute Gasteiger partial charge is 0.0988 e. The van der Waals surface area contributed by atoms with E-state index in [1.807, 2.05) is 18.2 Å². The van der Waals surface area contributed by atoms with E-state index in [0.29, 0.717) is 0 Å². The summed E-state index contributed by atoms with van der Waals surface area (Å²) < 4.78 is 0. The van der Waals surface area contributed by atoms with Crippen molar-refractivity contribution in [1.29, 1.82) is 0 Å². The highest BCUT2D eigenvalue weighted by atomic mass is 14.0. The van der Waals surface area contributed by atoms with Crippen LogP contribution in [0, 0.1) is 0 Å². The predicted molar refractivity (Wildman–Crippen MR) is 169 cm³/mol. The van der Waals surface area contributed by atoms with Gasteiger partial charge in [0.2, 0.25) is 0 Å². The van der Waals surface area contributed by atoms with Crippen molar-refractivity contribution < 1.29 is 0 Å². The van der Waals surface area contributed by atoms with E-state index < -0.39 is 0 Å². The second-order valence-corrected chi connectivity index (χ2v) is 9.36. The lowest BCUT2D eigenvalue weighted by Crippen LogP contribution is -1.86. The number of allylic oxidation sites excluding steroid dienone is 8. The Morgan fingerprint density at radius 1 is 0.556 bits per heavy atom. The maximum absolute atomic E-state index is 3.99. The molecule has 0 unspecified atom stereocenters. The lowest BCUT2D eigenvalue weighted by molar-refractivity contribution is 0.870. The van der Waals surface area contributed by atoms with Crippen molar-refractivity contribution in [2.24, 2.45) is 0 Å². The van der Waals surface area contributed by atoms with Crippen LogP contribution >= 0.6 is 0 Å². The van der Waals surface area contributed by atoms with Crippen molar-refractivity contribution in [1.82, 2.24) is 0 Å². The molecule has 0 aliphatic heterocycles. The summed E-state index contributed by atoms with van der Waals surface area (Å²) in [6, 6.07) is 9.03. The van der Waals surface area contributed by atoms with E-state index in [1.54, 1.807) is 0 Å². The Bertz CT molecular complexity index is 722. The maximum Gasteiger partial charge on any atom is -0.0279 e. The normalized spacial score (nSPS) is 11.2. The third-order valence-electron chi connectivity index (χ3n) is 5.81. The second kappa shape index (κ2) is 25.7. The minimum atomic E-state index is 1.10. The molecule has 0 N–H and O–H groups in total. The summed E-state index contributed by atoms with van der Waals surface area (Å²) in [5.74, 6) is 0. The van der Waals surface area contributed by atoms with Crippen molar-refractivity contribution in [2.75, 3.05) is 0 Å². The van der Waals surface area contributed by atoms with Crippen LogP contribution in [-0.4, -0.2) is 0 Å². The Balaban J connectivity index is 0. The van der Waals surface area contributed by atoms with Gasteiger partial charge in [-0.1, -0.05) is 161 Å². The van der Waals surface area contributed by atoms with Gasteiger partial charge >= 0.3 is 0 Å². The number of aryl methyl sites for hydroxylation is 2. The molecule has 0 aromatic heterocycles. The Kier molecular flexibility index (Phi) is 25.6. The summed E-state index contributed by atoms with van der Waals surface area (Å²) >= 11 is 0. The van der Waals surface area contributed by atoms with E-state index in [9.17, 15) is 0 Å². The third-order valence-corrected chi connectivity index (χ3v) is 5.81. The zero-order valence-corrected chi connectivity index (χ0v) is 24.9. The molecule has 0 heteroatoms. The fraction of sp³-hybridized carbons (Fsp3) is 0.500. The smallest absolute Gasteiger partial charge is 0.0279 e. The Hall–Kier alpha value is -2.34. The topological polar surface area (TPSA) is 0 Å². The second-order valence-electron chi connectivity index (χ2n) is 9.36. The molecule has 202 valence electrons. The van der Waals surface area contributed by atoms with E-state index in [2.05, 4.69) is 98.2 Å². The molecule has 0 fully saturated rings. The highest BCUT2D eigenvalue weighted by molar-refractivity contribution is 5.31. The Morgan fingerprint density at radius 3 is 1.22 bits per heavy atom. The number of hydrogen-bond donors (Lipinski definition) is 0. The first-order valence-corrected chi connectivity index (χ1v) is 14.5. The van der Waals surface area contributed by atoms with Gasteiger partial charge in [-0.3, -0.25) is 0 Å². The van der Waals surface area contributed by atoms with Crippen molar-refractivity contribution in [3.05, 3.63) is 108 Å². The average Bonchev–Trinajstić information content (AvgIpc) is 2.88. The van der Waals surface area contributed by atoms with Gasteiger partial charge in [-0.15, -0.1) is 0 Å². The van der Waals surface area contributed by atoms with Crippen LogP contribution in [0.1, 0.15) is 117 Å². The Morgan fingerprint density at radius 2 is 0.944 bits per heavy atom. The summed E-state index contributed by atoms with van der Waals surface area (Å²) in [6.45, 7) is 28.6. The molecule has 0 radical (unpaired) electrons. The van der Waals surface area contributed by atoms with Gasteiger partial charge in [0.25, 0.3) is 0 Å². The lowest BCUT2D eigenvalue weighted by Gasteiger charge is -2.06. The summed E-state index contributed by atoms with van der Waals surface area (Å²) in [5, 5.41) is 0. The van der Waals surface area contributed by atoms with Crippen molar-refractivity contribution >= 4 is 0 Å². The van der Waals surface area contributed by atoms with Gasteiger partial charge in [0.1, 0.15) is 0 Å². The highest BCUT2D eigenvalue weighted by Gasteiger charge is 1.98. The van der Waals surface area contributed by atoms with Crippen molar-refractivity contribution in [2.45, 2.75) is 119 Å². The van der Waals surface area contributed by atoms with Crippen LogP contribution in [0.2, 0.25) is 0 Å². The quantitative estimate of drug-likeness (QED) is 0.202. The molecule has 36 heavy (non-hydrogen) atoms. The lowest BCUT2D eigenvalue weighted by atomic mass is 10.00. The van der Waals surface area contributed by atoms with Gasteiger partial charge < -0.3 is 0 Å². The fourth-order valence-electron chi connectivity index (χ4n) is 3.95. The van der Waals surface area contributed by atoms with E-state index in [4.69, 9.17) is 0 Å². The third kappa shape index (κ3) is 18.9. The van der Waals surface area contributed by atoms with Gasteiger partial charge in [-0.25, -0.2) is 0 Å². The molecule has 0 nitrogen and oxygen atoms in total. The van der Waals surface area contributed by atoms with Crippen molar-refractivity contribution in [3.63, 3.8) is 0 Å². The SMILES string of the molecule is C=C/C(=C\C(=C)CCC)CCC.C=C/C(CCC)=C(\C=C)CCC.CCCc1ccc(CCC)cc1. The molecule has 0 aliphatic rings. The van der Waals surface area contributed by atoms with Crippen LogP contribution in [0.3, 0.4) is 0 Å². The van der Waals surface area contributed by atoms with Crippen LogP contribution in [0.25, 0.3) is 0 Å². The first-order chi connectivity index (χ1) is 17.4. The molecule has 0 bridgehead atoms. The van der Waals surface area contributed by atoms with Gasteiger partial charge in [0.05, 0.1) is 0 Å². The van der Waals surface area contributed by atoms with Crippen LogP contribution in [0.15, 0.2) is 97.2 Å². The van der Waals surface area contributed by atoms with Crippen LogP contribution in [-0.2, 0) is 12.8 Å². The molecule has 0 heterocycles. The minimum absolute atomic E-state index is 1.10. The maximum atomic E-state index is 3.99. The molecule has 1 aromatic rings. The molecular formula is C36H58. The van der Waals surface area contributed by atoms with Crippen LogP contribution < -0.4 is 0 Å². The first kappa shape index (κ1) is 35.8. The molecule has 0 amide bonds. The van der Waals surface area contributed by atoms with E-state index >= 15 is 0 Å². The molecule has 1 rings (SSSR count). The summed E-state index contributed by atoms with van der Waals surface area (Å²) in [4.78, 5) is 0. The van der Waals surface area contributed by atoms with Crippen LogP contribution in [0.5, 0.6) is 0 Å². The van der Waals surface area contributed by atoms with Crippen molar-refractivity contribution in [3.8, 4) is 0 Å². The van der Waals surface area contributed by atoms with Gasteiger partial charge in [-0.2, -0.15) is 0 Å². The van der Waals surface area contributed by atoms with Gasteiger partial charge in [0, 0.05) is 0 Å². The molecule has 0 atom stereocenters. The van der Waals surface area contributed by atoms with E-state index in [1.165, 1.54) is 84.8 Å². The summed E-state index contributed by atoms with van der Waals surface area (Å²) in [6.07, 6.45) is 22.1. The first-order valence-electron chi connectivity index (χ1n) is 14.5. The predicted octanol–water partition coefficient (Wildman–Crippen LogP) is 12.1. The monoisotopic (exact) mass is 490 g/mol. The van der Waals surface area contributed by atoms with Gasteiger partial charge in [-0.05, 0) is 66.4 Å². The molecule has 0 spiro atoms. The number of rotatable bonds is 16. The molecule has 0 saturated heterocycles. The Labute approximate surface area is 226 Å². The summed E-state index contributed by atoms with van der Waals surface area (Å²) in [7, 11) is 0. The average molecular weight is 491 g/mol. The molecule has 1 aromatic carbocycles. The molecular weight excluding hydrogens is 432 g/mol. The number of benzene rings is 1. The minimum Gasteiger partial charge on any atom is -0.0988 e.